The minimum Gasteiger partial charge on any atom is -0.288 e. The molecule has 1 aliphatic rings. The third kappa shape index (κ3) is 4.47. The summed E-state index contributed by atoms with van der Waals surface area (Å²) >= 11 is 0. The maximum atomic E-state index is 13.4. The van der Waals surface area contributed by atoms with Crippen LogP contribution in [0.4, 0.5) is 18.9 Å². The van der Waals surface area contributed by atoms with Gasteiger partial charge < -0.3 is 0 Å². The van der Waals surface area contributed by atoms with E-state index in [-0.39, 0.29) is 31.5 Å². The van der Waals surface area contributed by atoms with Crippen molar-refractivity contribution in [1.29, 1.82) is 0 Å². The lowest BCUT2D eigenvalue weighted by atomic mass is 9.94. The minimum atomic E-state index is -4.50. The number of rotatable bonds is 6. The van der Waals surface area contributed by atoms with E-state index in [1.165, 1.54) is 12.1 Å². The molecule has 25 heavy (non-hydrogen) atoms. The van der Waals surface area contributed by atoms with Crippen molar-refractivity contribution >= 4 is 11.6 Å². The number of carbonyl (C=O) groups is 1. The molecule has 0 bridgehead atoms. The third-order valence-electron chi connectivity index (χ3n) is 4.29. The van der Waals surface area contributed by atoms with E-state index in [1.807, 2.05) is 0 Å². The van der Waals surface area contributed by atoms with Crippen LogP contribution in [0.5, 0.6) is 0 Å². The molecule has 9 heteroatoms. The van der Waals surface area contributed by atoms with E-state index in [1.54, 1.807) is 26.0 Å². The standard InChI is InChI=1S/C16H20F3N3O3/c1-15(2)10-21(20-14(15)23)13(16(17,18)19)9-5-7-11-6-3-4-8-12(11)22(24)25/h3-4,6,8,13H,5,7,9-10H2,1-2H3,(H,20,23). The maximum Gasteiger partial charge on any atom is 0.405 e. The van der Waals surface area contributed by atoms with Gasteiger partial charge in [0.1, 0.15) is 6.04 Å². The van der Waals surface area contributed by atoms with Crippen LogP contribution in [0.2, 0.25) is 0 Å². The molecule has 138 valence electrons. The zero-order valence-corrected chi connectivity index (χ0v) is 14.0. The van der Waals surface area contributed by atoms with E-state index in [0.29, 0.717) is 5.56 Å². The van der Waals surface area contributed by atoms with Crippen molar-refractivity contribution in [2.45, 2.75) is 45.3 Å². The van der Waals surface area contributed by atoms with E-state index < -0.39 is 28.5 Å². The number of nitro groups is 1. The summed E-state index contributed by atoms with van der Waals surface area (Å²) < 4.78 is 40.1. The molecule has 0 radical (unpaired) electrons. The molecule has 0 aliphatic carbocycles. The van der Waals surface area contributed by atoms with Gasteiger partial charge in [0.05, 0.1) is 10.3 Å². The van der Waals surface area contributed by atoms with Gasteiger partial charge in [0.2, 0.25) is 5.91 Å². The van der Waals surface area contributed by atoms with Crippen molar-refractivity contribution in [3.05, 3.63) is 39.9 Å². The van der Waals surface area contributed by atoms with Gasteiger partial charge in [-0.3, -0.25) is 20.3 Å². The number of para-hydroxylation sites is 1. The number of hydrazine groups is 1. The molecule has 1 atom stereocenters. The van der Waals surface area contributed by atoms with E-state index in [0.717, 1.165) is 5.01 Å². The van der Waals surface area contributed by atoms with E-state index in [9.17, 15) is 28.1 Å². The fourth-order valence-electron chi connectivity index (χ4n) is 2.89. The first-order chi connectivity index (χ1) is 11.5. The number of benzene rings is 1. The van der Waals surface area contributed by atoms with Crippen LogP contribution in [0.1, 0.15) is 32.3 Å². The Hall–Kier alpha value is -2.16. The van der Waals surface area contributed by atoms with Crippen LogP contribution >= 0.6 is 0 Å². The molecule has 1 N–H and O–H groups in total. The zero-order valence-electron chi connectivity index (χ0n) is 14.0. The summed E-state index contributed by atoms with van der Waals surface area (Å²) in [5.41, 5.74) is 1.71. The Morgan fingerprint density at radius 3 is 2.52 bits per heavy atom. The van der Waals surface area contributed by atoms with Gasteiger partial charge in [-0.15, -0.1) is 0 Å². The fraction of sp³-hybridized carbons (Fsp3) is 0.562. The first-order valence-electron chi connectivity index (χ1n) is 7.89. The number of aryl methyl sites for hydroxylation is 1. The average Bonchev–Trinajstić information content (AvgIpc) is 2.75. The summed E-state index contributed by atoms with van der Waals surface area (Å²) in [5.74, 6) is -0.444. The Morgan fingerprint density at radius 2 is 2.00 bits per heavy atom. The van der Waals surface area contributed by atoms with Crippen LogP contribution in [-0.4, -0.2) is 34.6 Å². The van der Waals surface area contributed by atoms with E-state index in [4.69, 9.17) is 0 Å². The highest BCUT2D eigenvalue weighted by atomic mass is 19.4. The highest BCUT2D eigenvalue weighted by Crippen LogP contribution is 2.33. The van der Waals surface area contributed by atoms with Crippen molar-refractivity contribution in [2.75, 3.05) is 6.54 Å². The van der Waals surface area contributed by atoms with E-state index >= 15 is 0 Å². The highest BCUT2D eigenvalue weighted by Gasteiger charge is 2.49. The molecule has 1 amide bonds. The molecule has 1 fully saturated rings. The van der Waals surface area contributed by atoms with Gasteiger partial charge >= 0.3 is 6.18 Å². The molecule has 1 saturated heterocycles. The van der Waals surface area contributed by atoms with Crippen LogP contribution in [-0.2, 0) is 11.2 Å². The second-order valence-corrected chi connectivity index (χ2v) is 6.79. The van der Waals surface area contributed by atoms with Gasteiger partial charge in [-0.2, -0.15) is 13.2 Å². The molecule has 0 aromatic heterocycles. The molecule has 1 aromatic rings. The van der Waals surface area contributed by atoms with Gasteiger partial charge in [-0.25, -0.2) is 5.01 Å². The minimum absolute atomic E-state index is 0.0402. The summed E-state index contributed by atoms with van der Waals surface area (Å²) in [4.78, 5) is 22.2. The number of nitrogens with one attached hydrogen (secondary N) is 1. The van der Waals surface area contributed by atoms with Crippen molar-refractivity contribution < 1.29 is 22.9 Å². The largest absolute Gasteiger partial charge is 0.405 e. The number of carbonyl (C=O) groups excluding carboxylic acids is 1. The van der Waals surface area contributed by atoms with Crippen LogP contribution in [0, 0.1) is 15.5 Å². The molecule has 1 unspecified atom stereocenters. The number of nitro benzene ring substituents is 1. The quantitative estimate of drug-likeness (QED) is 0.625. The first-order valence-corrected chi connectivity index (χ1v) is 7.89. The molecule has 1 aromatic carbocycles. The number of hydrogen-bond donors (Lipinski definition) is 1. The number of amides is 1. The second-order valence-electron chi connectivity index (χ2n) is 6.79. The molecule has 6 nitrogen and oxygen atoms in total. The molecule has 1 heterocycles. The van der Waals surface area contributed by atoms with Crippen molar-refractivity contribution in [3.63, 3.8) is 0 Å². The smallest absolute Gasteiger partial charge is 0.288 e. The maximum absolute atomic E-state index is 13.4. The normalized spacial score (nSPS) is 18.8. The van der Waals surface area contributed by atoms with Gasteiger partial charge in [-0.1, -0.05) is 18.2 Å². The zero-order chi connectivity index (χ0) is 18.8. The fourth-order valence-corrected chi connectivity index (χ4v) is 2.89. The van der Waals surface area contributed by atoms with Crippen LogP contribution in [0.3, 0.4) is 0 Å². The van der Waals surface area contributed by atoms with Crippen LogP contribution in [0.25, 0.3) is 0 Å². The Morgan fingerprint density at radius 1 is 1.36 bits per heavy atom. The second kappa shape index (κ2) is 6.99. The summed E-state index contributed by atoms with van der Waals surface area (Å²) in [6.45, 7) is 3.13. The topological polar surface area (TPSA) is 75.5 Å². The van der Waals surface area contributed by atoms with Crippen LogP contribution < -0.4 is 5.43 Å². The summed E-state index contributed by atoms with van der Waals surface area (Å²) in [6.07, 6.45) is -4.49. The summed E-state index contributed by atoms with van der Waals surface area (Å²) in [7, 11) is 0. The molecular formula is C16H20F3N3O3. The lowest BCUT2D eigenvalue weighted by Gasteiger charge is -2.29. The SMILES string of the molecule is CC1(C)CN(C(CCCc2ccccc2[N+](=O)[O-])C(F)(F)F)NC1=O. The van der Waals surface area contributed by atoms with Crippen molar-refractivity contribution in [1.82, 2.24) is 10.4 Å². The van der Waals surface area contributed by atoms with Crippen molar-refractivity contribution in [2.24, 2.45) is 5.41 Å². The van der Waals surface area contributed by atoms with Gasteiger partial charge in [0.25, 0.3) is 5.69 Å². The lowest BCUT2D eigenvalue weighted by Crippen LogP contribution is -2.50. The Labute approximate surface area is 143 Å². The number of hydrogen-bond acceptors (Lipinski definition) is 4. The number of alkyl halides is 3. The highest BCUT2D eigenvalue weighted by molar-refractivity contribution is 5.83. The predicted molar refractivity (Wildman–Crippen MR) is 84.5 cm³/mol. The van der Waals surface area contributed by atoms with Gasteiger partial charge in [-0.05, 0) is 33.1 Å². The van der Waals surface area contributed by atoms with Crippen LogP contribution in [0.15, 0.2) is 24.3 Å². The summed E-state index contributed by atoms with van der Waals surface area (Å²) in [6, 6.07) is 4.19. The molecule has 1 aliphatic heterocycles. The lowest BCUT2D eigenvalue weighted by molar-refractivity contribution is -0.385. The van der Waals surface area contributed by atoms with Crippen molar-refractivity contribution in [3.8, 4) is 0 Å². The van der Waals surface area contributed by atoms with Gasteiger partial charge in [0.15, 0.2) is 0 Å². The Balaban J connectivity index is 2.05. The summed E-state index contributed by atoms with van der Waals surface area (Å²) in [5, 5.41) is 11.9. The molecule has 2 rings (SSSR count). The number of halogens is 3. The Bertz CT molecular complexity index is 662. The van der Waals surface area contributed by atoms with Gasteiger partial charge in [0, 0.05) is 18.2 Å². The third-order valence-corrected chi connectivity index (χ3v) is 4.29. The molecule has 0 spiro atoms. The molecule has 0 saturated carbocycles. The predicted octanol–water partition coefficient (Wildman–Crippen LogP) is 3.22. The monoisotopic (exact) mass is 359 g/mol. The number of nitrogens with zero attached hydrogens (tertiary/aromatic N) is 2. The average molecular weight is 359 g/mol. The molecular weight excluding hydrogens is 339 g/mol. The Kier molecular flexibility index (Phi) is 5.36. The van der Waals surface area contributed by atoms with E-state index in [2.05, 4.69) is 5.43 Å². The first kappa shape index (κ1) is 19.2.